The van der Waals surface area contributed by atoms with Gasteiger partial charge in [-0.3, -0.25) is 0 Å². The highest BCUT2D eigenvalue weighted by Crippen LogP contribution is 2.26. The first-order valence-corrected chi connectivity index (χ1v) is 4.38. The predicted molar refractivity (Wildman–Crippen MR) is 49.6 cm³/mol. The van der Waals surface area contributed by atoms with Crippen molar-refractivity contribution in [3.63, 3.8) is 0 Å². The molecule has 0 aliphatic carbocycles. The van der Waals surface area contributed by atoms with Crippen LogP contribution in [-0.4, -0.2) is 0 Å². The first-order valence-electron chi connectivity index (χ1n) is 3.58. The Morgan fingerprint density at radius 3 is 2.77 bits per heavy atom. The molecule has 0 aliphatic rings. The van der Waals surface area contributed by atoms with Crippen molar-refractivity contribution in [3.8, 4) is 5.75 Å². The van der Waals surface area contributed by atoms with Crippen LogP contribution in [0.15, 0.2) is 37.9 Å². The molecule has 2 rings (SSSR count). The summed E-state index contributed by atoms with van der Waals surface area (Å²) >= 11 is 2.88. The van der Waals surface area contributed by atoms with Crippen LogP contribution in [0.25, 0.3) is 11.0 Å². The van der Waals surface area contributed by atoms with E-state index in [1.54, 1.807) is 24.3 Å². The third kappa shape index (κ3) is 1.23. The zero-order valence-corrected chi connectivity index (χ0v) is 8.00. The summed E-state index contributed by atoms with van der Waals surface area (Å²) in [6.07, 6.45) is 0. The predicted octanol–water partition coefficient (Wildman–Crippen LogP) is 1.63. The summed E-state index contributed by atoms with van der Waals surface area (Å²) in [6.45, 7) is 0. The van der Waals surface area contributed by atoms with E-state index < -0.39 is 5.63 Å². The van der Waals surface area contributed by atoms with Crippen LogP contribution < -0.4 is 10.7 Å². The van der Waals surface area contributed by atoms with E-state index in [-0.39, 0.29) is 10.2 Å². The Morgan fingerprint density at radius 1 is 1.31 bits per heavy atom. The van der Waals surface area contributed by atoms with Gasteiger partial charge in [0.2, 0.25) is 0 Å². The van der Waals surface area contributed by atoms with Gasteiger partial charge in [-0.1, -0.05) is 23.9 Å². The van der Waals surface area contributed by atoms with Gasteiger partial charge in [-0.2, -0.15) is 0 Å². The highest BCUT2D eigenvalue weighted by molar-refractivity contribution is 9.10. The molecule has 0 aliphatic heterocycles. The molecule has 0 unspecified atom stereocenters. The third-order valence-electron chi connectivity index (χ3n) is 1.71. The van der Waals surface area contributed by atoms with Crippen molar-refractivity contribution in [2.75, 3.05) is 0 Å². The van der Waals surface area contributed by atoms with Gasteiger partial charge in [-0.25, -0.2) is 4.79 Å². The van der Waals surface area contributed by atoms with Gasteiger partial charge in [-0.05, 0) is 22.0 Å². The van der Waals surface area contributed by atoms with E-state index in [1.807, 2.05) is 0 Å². The summed E-state index contributed by atoms with van der Waals surface area (Å²) in [5.41, 5.74) is -0.315. The lowest BCUT2D eigenvalue weighted by Crippen LogP contribution is -2.05. The summed E-state index contributed by atoms with van der Waals surface area (Å²) in [5, 5.41) is 11.9. The third-order valence-corrected chi connectivity index (χ3v) is 2.40. The summed E-state index contributed by atoms with van der Waals surface area (Å²) in [6, 6.07) is 6.63. The van der Waals surface area contributed by atoms with E-state index in [9.17, 15) is 9.90 Å². The van der Waals surface area contributed by atoms with Crippen LogP contribution in [0, 0.1) is 0 Å². The summed E-state index contributed by atoms with van der Waals surface area (Å²) in [5.74, 6) is -0.327. The van der Waals surface area contributed by atoms with Gasteiger partial charge >= 0.3 is 5.63 Å². The first-order chi connectivity index (χ1) is 6.20. The van der Waals surface area contributed by atoms with Crippen molar-refractivity contribution in [2.45, 2.75) is 0 Å². The van der Waals surface area contributed by atoms with Gasteiger partial charge in [0.05, 0.1) is 4.47 Å². The van der Waals surface area contributed by atoms with Gasteiger partial charge in [0.15, 0.2) is 0 Å². The molecule has 1 aromatic heterocycles. The molecule has 1 aromatic carbocycles. The fraction of sp³-hybridized carbons (Fsp3) is 0. The SMILES string of the molecule is O=c1oc2ccccc2c([O-])c1Br. The second-order valence-electron chi connectivity index (χ2n) is 2.53. The fourth-order valence-corrected chi connectivity index (χ4v) is 1.39. The van der Waals surface area contributed by atoms with E-state index in [0.29, 0.717) is 11.0 Å². The molecule has 3 nitrogen and oxygen atoms in total. The zero-order valence-electron chi connectivity index (χ0n) is 6.41. The Labute approximate surface area is 81.7 Å². The second-order valence-corrected chi connectivity index (χ2v) is 3.32. The van der Waals surface area contributed by atoms with Crippen LogP contribution in [0.4, 0.5) is 0 Å². The topological polar surface area (TPSA) is 53.3 Å². The summed E-state index contributed by atoms with van der Waals surface area (Å²) in [7, 11) is 0. The Hall–Kier alpha value is -1.29. The Bertz CT molecular complexity index is 516. The average molecular weight is 240 g/mol. The molecule has 0 saturated heterocycles. The van der Waals surface area contributed by atoms with Crippen LogP contribution in [0.2, 0.25) is 0 Å². The molecule has 0 amide bonds. The minimum atomic E-state index is -0.635. The van der Waals surface area contributed by atoms with Crippen molar-refractivity contribution < 1.29 is 9.52 Å². The van der Waals surface area contributed by atoms with Crippen LogP contribution in [-0.2, 0) is 0 Å². The summed E-state index contributed by atoms with van der Waals surface area (Å²) in [4.78, 5) is 11.0. The molecule has 4 heteroatoms. The van der Waals surface area contributed by atoms with E-state index in [4.69, 9.17) is 4.42 Å². The molecule has 0 radical (unpaired) electrons. The van der Waals surface area contributed by atoms with Gasteiger partial charge < -0.3 is 9.52 Å². The zero-order chi connectivity index (χ0) is 9.42. The van der Waals surface area contributed by atoms with E-state index in [2.05, 4.69) is 15.9 Å². The van der Waals surface area contributed by atoms with Crippen molar-refractivity contribution in [2.24, 2.45) is 0 Å². The number of para-hydroxylation sites is 1. The number of benzene rings is 1. The minimum Gasteiger partial charge on any atom is -0.871 e. The Morgan fingerprint density at radius 2 is 2.00 bits per heavy atom. The molecule has 0 fully saturated rings. The molecule has 0 atom stereocenters. The molecular formula is C9H4BrO3-. The largest absolute Gasteiger partial charge is 0.871 e. The molecular weight excluding hydrogens is 236 g/mol. The average Bonchev–Trinajstić information content (AvgIpc) is 2.15. The molecule has 0 saturated carbocycles. The monoisotopic (exact) mass is 239 g/mol. The highest BCUT2D eigenvalue weighted by Gasteiger charge is 2.03. The lowest BCUT2D eigenvalue weighted by atomic mass is 10.2. The van der Waals surface area contributed by atoms with Gasteiger partial charge in [0, 0.05) is 5.39 Å². The number of hydrogen-bond acceptors (Lipinski definition) is 3. The second kappa shape index (κ2) is 2.88. The molecule has 0 bridgehead atoms. The minimum absolute atomic E-state index is 0.0498. The number of rotatable bonds is 0. The van der Waals surface area contributed by atoms with E-state index in [0.717, 1.165) is 0 Å². The quantitative estimate of drug-likeness (QED) is 0.657. The summed E-state index contributed by atoms with van der Waals surface area (Å²) < 4.78 is 4.82. The van der Waals surface area contributed by atoms with Crippen molar-refractivity contribution in [3.05, 3.63) is 39.2 Å². The van der Waals surface area contributed by atoms with Crippen molar-refractivity contribution in [1.29, 1.82) is 0 Å². The number of fused-ring (bicyclic) bond motifs is 1. The van der Waals surface area contributed by atoms with E-state index in [1.165, 1.54) is 0 Å². The molecule has 66 valence electrons. The maximum absolute atomic E-state index is 11.4. The van der Waals surface area contributed by atoms with Gasteiger partial charge in [0.25, 0.3) is 0 Å². The van der Waals surface area contributed by atoms with Crippen LogP contribution in [0.5, 0.6) is 5.75 Å². The maximum atomic E-state index is 11.4. The molecule has 2 aromatic rings. The van der Waals surface area contributed by atoms with Crippen molar-refractivity contribution >= 4 is 26.9 Å². The lowest BCUT2D eigenvalue weighted by molar-refractivity contribution is -0.267. The maximum Gasteiger partial charge on any atom is 0.350 e. The van der Waals surface area contributed by atoms with Crippen molar-refractivity contribution in [1.82, 2.24) is 0 Å². The first kappa shape index (κ1) is 8.31. The van der Waals surface area contributed by atoms with Crippen LogP contribution in [0.1, 0.15) is 0 Å². The lowest BCUT2D eigenvalue weighted by Gasteiger charge is -2.09. The molecule has 13 heavy (non-hydrogen) atoms. The molecule has 0 spiro atoms. The number of hydrogen-bond donors (Lipinski definition) is 0. The van der Waals surface area contributed by atoms with Crippen LogP contribution in [0.3, 0.4) is 0 Å². The normalized spacial score (nSPS) is 10.5. The van der Waals surface area contributed by atoms with Gasteiger partial charge in [0.1, 0.15) is 5.58 Å². The highest BCUT2D eigenvalue weighted by atomic mass is 79.9. The fourth-order valence-electron chi connectivity index (χ4n) is 1.10. The van der Waals surface area contributed by atoms with E-state index >= 15 is 0 Å². The Balaban J connectivity index is 3.02. The molecule has 0 N–H and O–H groups in total. The van der Waals surface area contributed by atoms with Gasteiger partial charge in [-0.15, -0.1) is 0 Å². The van der Waals surface area contributed by atoms with Crippen LogP contribution >= 0.6 is 15.9 Å². The smallest absolute Gasteiger partial charge is 0.350 e. The molecule has 1 heterocycles. The Kier molecular flexibility index (Phi) is 1.84. The number of halogens is 1. The standard InChI is InChI=1S/C9H5BrO3/c10-7-8(11)5-3-1-2-4-6(5)13-9(7)12/h1-4,11H/p-1.